The molecule has 0 unspecified atom stereocenters. The SMILES string of the molecule is C[NH+]1CCN(C(=O)c2c(N)no[n+]2[O-])CC1. The molecule has 8 heteroatoms. The molecule has 1 saturated heterocycles. The lowest BCUT2D eigenvalue weighted by atomic mass is 10.3. The number of piperazine rings is 1. The van der Waals surface area contributed by atoms with Crippen molar-refractivity contribution < 1.29 is 19.2 Å². The van der Waals surface area contributed by atoms with E-state index in [1.807, 2.05) is 0 Å². The minimum absolute atomic E-state index is 0.0584. The second kappa shape index (κ2) is 3.97. The molecule has 1 amide bonds. The lowest BCUT2D eigenvalue weighted by Crippen LogP contribution is -3.12. The molecule has 1 aromatic heterocycles. The maximum Gasteiger partial charge on any atom is 0.318 e. The Labute approximate surface area is 91.7 Å². The Balaban J connectivity index is 2.14. The summed E-state index contributed by atoms with van der Waals surface area (Å²) in [4.78, 5) is 14.9. The highest BCUT2D eigenvalue weighted by Crippen LogP contribution is 2.06. The third kappa shape index (κ3) is 1.78. The quantitative estimate of drug-likeness (QED) is 0.494. The zero-order valence-corrected chi connectivity index (χ0v) is 8.97. The number of nitrogens with zero attached hydrogens (tertiary/aromatic N) is 3. The normalized spacial score (nSPS) is 17.7. The molecule has 0 atom stereocenters. The molecule has 1 aliphatic heterocycles. The van der Waals surface area contributed by atoms with E-state index in [4.69, 9.17) is 5.73 Å². The van der Waals surface area contributed by atoms with Gasteiger partial charge in [0.2, 0.25) is 0 Å². The summed E-state index contributed by atoms with van der Waals surface area (Å²) in [6.45, 7) is 2.93. The van der Waals surface area contributed by atoms with Gasteiger partial charge in [-0.2, -0.15) is 0 Å². The molecule has 0 radical (unpaired) electrons. The van der Waals surface area contributed by atoms with Crippen molar-refractivity contribution in [3.05, 3.63) is 10.9 Å². The summed E-state index contributed by atoms with van der Waals surface area (Å²) in [5.74, 6) is -0.576. The van der Waals surface area contributed by atoms with Gasteiger partial charge in [-0.3, -0.25) is 9.42 Å². The maximum atomic E-state index is 11.9. The van der Waals surface area contributed by atoms with E-state index in [-0.39, 0.29) is 16.4 Å². The van der Waals surface area contributed by atoms with E-state index in [0.717, 1.165) is 13.1 Å². The first-order valence-electron chi connectivity index (χ1n) is 5.05. The first-order valence-corrected chi connectivity index (χ1v) is 5.05. The number of nitrogens with two attached hydrogens (primary N) is 1. The van der Waals surface area contributed by atoms with Gasteiger partial charge in [-0.15, -0.1) is 0 Å². The van der Waals surface area contributed by atoms with Crippen molar-refractivity contribution in [2.75, 3.05) is 39.0 Å². The van der Waals surface area contributed by atoms with E-state index in [0.29, 0.717) is 13.1 Å². The van der Waals surface area contributed by atoms with Crippen LogP contribution in [-0.2, 0) is 0 Å². The number of aromatic nitrogens is 2. The molecule has 1 fully saturated rings. The molecule has 0 saturated carbocycles. The summed E-state index contributed by atoms with van der Waals surface area (Å²) in [5.41, 5.74) is 5.18. The predicted octanol–water partition coefficient (Wildman–Crippen LogP) is -3.14. The number of rotatable bonds is 1. The van der Waals surface area contributed by atoms with Crippen LogP contribution in [0.1, 0.15) is 10.5 Å². The highest BCUT2D eigenvalue weighted by molar-refractivity contribution is 5.94. The number of hydrogen-bond acceptors (Lipinski definition) is 5. The van der Waals surface area contributed by atoms with Crippen molar-refractivity contribution in [1.82, 2.24) is 10.1 Å². The molecule has 3 N–H and O–H groups in total. The molecule has 2 rings (SSSR count). The number of carbonyl (C=O) groups is 1. The maximum absolute atomic E-state index is 11.9. The molecule has 8 nitrogen and oxygen atoms in total. The minimum atomic E-state index is -0.416. The summed E-state index contributed by atoms with van der Waals surface area (Å²) < 4.78 is 4.26. The van der Waals surface area contributed by atoms with Gasteiger partial charge in [0.1, 0.15) is 0 Å². The van der Waals surface area contributed by atoms with Gasteiger partial charge in [0.15, 0.2) is 0 Å². The lowest BCUT2D eigenvalue weighted by Gasteiger charge is -2.29. The van der Waals surface area contributed by atoms with Gasteiger partial charge in [-0.05, 0) is 4.90 Å². The van der Waals surface area contributed by atoms with Gasteiger partial charge in [-0.1, -0.05) is 0 Å². The highest BCUT2D eigenvalue weighted by Gasteiger charge is 2.31. The van der Waals surface area contributed by atoms with E-state index in [2.05, 4.69) is 16.8 Å². The zero-order valence-electron chi connectivity index (χ0n) is 8.97. The van der Waals surface area contributed by atoms with Crippen LogP contribution in [-0.4, -0.2) is 49.2 Å². The Morgan fingerprint density at radius 2 is 2.25 bits per heavy atom. The number of anilines is 1. The molecule has 88 valence electrons. The van der Waals surface area contributed by atoms with E-state index < -0.39 is 5.91 Å². The Hall–Kier alpha value is -1.83. The number of carbonyl (C=O) groups excluding carboxylic acids is 1. The van der Waals surface area contributed by atoms with Gasteiger partial charge in [0.05, 0.1) is 38.4 Å². The van der Waals surface area contributed by atoms with Crippen LogP contribution in [0.2, 0.25) is 0 Å². The molecule has 0 aliphatic carbocycles. The lowest BCUT2D eigenvalue weighted by molar-refractivity contribution is -0.883. The zero-order chi connectivity index (χ0) is 11.7. The summed E-state index contributed by atoms with van der Waals surface area (Å²) in [6.07, 6.45) is 0. The Bertz CT molecular complexity index is 377. The third-order valence-corrected chi connectivity index (χ3v) is 2.75. The monoisotopic (exact) mass is 228 g/mol. The largest absolute Gasteiger partial charge is 0.359 e. The summed E-state index contributed by atoms with van der Waals surface area (Å²) >= 11 is 0. The van der Waals surface area contributed by atoms with Crippen molar-refractivity contribution in [1.29, 1.82) is 0 Å². The van der Waals surface area contributed by atoms with Gasteiger partial charge < -0.3 is 20.7 Å². The molecule has 1 aromatic rings. The van der Waals surface area contributed by atoms with Gasteiger partial charge in [-0.25, -0.2) is 0 Å². The number of amides is 1. The van der Waals surface area contributed by atoms with Crippen molar-refractivity contribution in [3.8, 4) is 0 Å². The number of hydrogen-bond donors (Lipinski definition) is 2. The molecule has 16 heavy (non-hydrogen) atoms. The Morgan fingerprint density at radius 1 is 1.62 bits per heavy atom. The molecule has 0 aromatic carbocycles. The van der Waals surface area contributed by atoms with Crippen LogP contribution in [0.5, 0.6) is 0 Å². The smallest absolute Gasteiger partial charge is 0.318 e. The van der Waals surface area contributed by atoms with Crippen molar-refractivity contribution in [2.24, 2.45) is 0 Å². The van der Waals surface area contributed by atoms with Crippen LogP contribution in [0.25, 0.3) is 0 Å². The predicted molar refractivity (Wildman–Crippen MR) is 52.4 cm³/mol. The standard InChI is InChI=1S/C8H13N5O3/c1-11-2-4-12(5-3-11)8(14)6-7(9)10-16-13(6)15/h2-5H2,1H3,(H2,9,10)/p+1. The molecule has 2 heterocycles. The van der Waals surface area contributed by atoms with Crippen LogP contribution in [0, 0.1) is 5.21 Å². The molecule has 0 spiro atoms. The summed E-state index contributed by atoms with van der Waals surface area (Å²) in [5, 5.41) is 14.4. The minimum Gasteiger partial charge on any atom is -0.359 e. The summed E-state index contributed by atoms with van der Waals surface area (Å²) in [6, 6.07) is 0. The van der Waals surface area contributed by atoms with Gasteiger partial charge >= 0.3 is 17.4 Å². The second-order valence-electron chi connectivity index (χ2n) is 3.91. The van der Waals surface area contributed by atoms with Crippen LogP contribution >= 0.6 is 0 Å². The molecule has 0 bridgehead atoms. The van der Waals surface area contributed by atoms with Crippen LogP contribution in [0.4, 0.5) is 5.82 Å². The second-order valence-corrected chi connectivity index (χ2v) is 3.91. The van der Waals surface area contributed by atoms with Gasteiger partial charge in [0, 0.05) is 0 Å². The first kappa shape index (κ1) is 10.7. The van der Waals surface area contributed by atoms with E-state index in [9.17, 15) is 10.0 Å². The fraction of sp³-hybridized carbons (Fsp3) is 0.625. The number of likely N-dealkylation sites (N-methyl/N-ethyl adjacent to an activating group) is 1. The highest BCUT2D eigenvalue weighted by atomic mass is 16.8. The Kier molecular flexibility index (Phi) is 2.65. The number of nitrogen functional groups attached to an aromatic ring is 1. The Morgan fingerprint density at radius 3 is 2.75 bits per heavy atom. The van der Waals surface area contributed by atoms with Crippen molar-refractivity contribution in [3.63, 3.8) is 0 Å². The number of nitrogens with one attached hydrogen (secondary N) is 1. The van der Waals surface area contributed by atoms with E-state index >= 15 is 0 Å². The van der Waals surface area contributed by atoms with Crippen LogP contribution in [0.3, 0.4) is 0 Å². The summed E-state index contributed by atoms with van der Waals surface area (Å²) in [7, 11) is 2.06. The third-order valence-electron chi connectivity index (χ3n) is 2.75. The van der Waals surface area contributed by atoms with Gasteiger partial charge in [0.25, 0.3) is 0 Å². The van der Waals surface area contributed by atoms with Crippen LogP contribution in [0.15, 0.2) is 4.63 Å². The average Bonchev–Trinajstić information content (AvgIpc) is 2.59. The fourth-order valence-electron chi connectivity index (χ4n) is 1.69. The molecular weight excluding hydrogens is 214 g/mol. The number of quaternary nitrogens is 1. The van der Waals surface area contributed by atoms with E-state index in [1.54, 1.807) is 4.90 Å². The molecule has 1 aliphatic rings. The molecular formula is C8H14N5O3+. The fourth-order valence-corrected chi connectivity index (χ4v) is 1.69. The van der Waals surface area contributed by atoms with Crippen LogP contribution < -0.4 is 15.5 Å². The van der Waals surface area contributed by atoms with Crippen molar-refractivity contribution in [2.45, 2.75) is 0 Å². The van der Waals surface area contributed by atoms with E-state index in [1.165, 1.54) is 4.90 Å². The van der Waals surface area contributed by atoms with Crippen molar-refractivity contribution >= 4 is 11.7 Å². The average molecular weight is 228 g/mol. The first-order chi connectivity index (χ1) is 7.59. The topological polar surface area (TPSA) is 104 Å².